The number of fused-ring (bicyclic) bond motifs is 2. The van der Waals surface area contributed by atoms with E-state index in [0.717, 1.165) is 0 Å². The van der Waals surface area contributed by atoms with Crippen LogP contribution in [-0.2, 0) is 14.2 Å². The molecule has 0 radical (unpaired) electrons. The van der Waals surface area contributed by atoms with Gasteiger partial charge < -0.3 is 23.9 Å². The Kier molecular flexibility index (Phi) is 4.51. The maximum absolute atomic E-state index is 11.6. The van der Waals surface area contributed by atoms with Crippen LogP contribution in [0.15, 0.2) is 12.1 Å². The molecular formula is C17H16Cl3NO5. The second-order valence-electron chi connectivity index (χ2n) is 6.79. The van der Waals surface area contributed by atoms with Crippen LogP contribution in [-0.4, -0.2) is 46.7 Å². The van der Waals surface area contributed by atoms with Crippen molar-refractivity contribution < 1.29 is 24.1 Å². The fourth-order valence-corrected chi connectivity index (χ4v) is 4.33. The molecule has 6 nitrogen and oxygen atoms in total. The Labute approximate surface area is 164 Å². The second-order valence-corrected chi connectivity index (χ2v) is 7.96. The van der Waals surface area contributed by atoms with E-state index in [-0.39, 0.29) is 17.3 Å². The van der Waals surface area contributed by atoms with Crippen LogP contribution in [0.3, 0.4) is 0 Å². The summed E-state index contributed by atoms with van der Waals surface area (Å²) >= 11 is 18.8. The first-order valence-electron chi connectivity index (χ1n) is 8.03. The maximum Gasteiger partial charge on any atom is 0.164 e. The molecule has 2 saturated heterocycles. The summed E-state index contributed by atoms with van der Waals surface area (Å²) in [6.07, 6.45) is -1.58. The molecule has 2 aliphatic heterocycles. The van der Waals surface area contributed by atoms with Crippen LogP contribution in [0.25, 0.3) is 10.9 Å². The number of hydrogen-bond donors (Lipinski definition) is 1. The molecule has 4 rings (SSSR count). The first kappa shape index (κ1) is 18.5. The van der Waals surface area contributed by atoms with Gasteiger partial charge in [-0.15, -0.1) is 0 Å². The van der Waals surface area contributed by atoms with Gasteiger partial charge in [-0.25, -0.2) is 0 Å². The van der Waals surface area contributed by atoms with Crippen molar-refractivity contribution in [1.82, 2.24) is 4.57 Å². The summed E-state index contributed by atoms with van der Waals surface area (Å²) in [4.78, 5) is 11.6. The normalized spacial score (nSPS) is 30.1. The van der Waals surface area contributed by atoms with Crippen molar-refractivity contribution in [3.8, 4) is 0 Å². The number of aldehydes is 1. The summed E-state index contributed by atoms with van der Waals surface area (Å²) in [7, 11) is 0. The number of aromatic nitrogens is 1. The Hall–Kier alpha value is -0.860. The molecule has 140 valence electrons. The topological polar surface area (TPSA) is 69.9 Å². The van der Waals surface area contributed by atoms with E-state index in [4.69, 9.17) is 49.0 Å². The molecule has 1 N–H and O–H groups in total. The van der Waals surface area contributed by atoms with Gasteiger partial charge in [-0.1, -0.05) is 34.8 Å². The van der Waals surface area contributed by atoms with E-state index in [1.54, 1.807) is 30.5 Å². The summed E-state index contributed by atoms with van der Waals surface area (Å²) < 4.78 is 19.5. The van der Waals surface area contributed by atoms with Crippen molar-refractivity contribution in [2.75, 3.05) is 6.61 Å². The van der Waals surface area contributed by atoms with E-state index in [1.807, 2.05) is 0 Å². The third-order valence-electron chi connectivity index (χ3n) is 4.70. The van der Waals surface area contributed by atoms with E-state index in [1.165, 1.54) is 0 Å². The Balaban J connectivity index is 1.90. The molecule has 0 saturated carbocycles. The third kappa shape index (κ3) is 2.67. The highest BCUT2D eigenvalue weighted by atomic mass is 35.5. The molecule has 0 aliphatic carbocycles. The summed E-state index contributed by atoms with van der Waals surface area (Å²) in [5.74, 6) is -0.825. The van der Waals surface area contributed by atoms with Gasteiger partial charge in [0.15, 0.2) is 18.3 Å². The molecule has 4 atom stereocenters. The molecule has 9 heteroatoms. The SMILES string of the molecule is CC1(C)OC2C(O1)[C@@H](CO)O[C@H]2n1c(Cl)c(C=O)c2cc(Cl)c(Cl)cc21. The molecule has 1 aromatic carbocycles. The first-order chi connectivity index (χ1) is 12.3. The predicted octanol–water partition coefficient (Wildman–Crippen LogP) is 3.82. The third-order valence-corrected chi connectivity index (χ3v) is 5.81. The predicted molar refractivity (Wildman–Crippen MR) is 97.2 cm³/mol. The van der Waals surface area contributed by atoms with Crippen LogP contribution < -0.4 is 0 Å². The summed E-state index contributed by atoms with van der Waals surface area (Å²) in [5, 5.41) is 11.0. The molecule has 0 spiro atoms. The van der Waals surface area contributed by atoms with Crippen molar-refractivity contribution in [3.05, 3.63) is 32.9 Å². The molecule has 0 bridgehead atoms. The quantitative estimate of drug-likeness (QED) is 0.764. The minimum absolute atomic E-state index is 0.184. The lowest BCUT2D eigenvalue weighted by Crippen LogP contribution is -2.31. The van der Waals surface area contributed by atoms with Gasteiger partial charge in [-0.2, -0.15) is 0 Å². The van der Waals surface area contributed by atoms with Gasteiger partial charge in [0.25, 0.3) is 0 Å². The first-order valence-corrected chi connectivity index (χ1v) is 9.16. The van der Waals surface area contributed by atoms with Gasteiger partial charge in [0, 0.05) is 5.39 Å². The highest BCUT2D eigenvalue weighted by Crippen LogP contribution is 2.46. The molecule has 2 unspecified atom stereocenters. The van der Waals surface area contributed by atoms with Gasteiger partial charge in [-0.3, -0.25) is 4.79 Å². The van der Waals surface area contributed by atoms with Crippen molar-refractivity contribution in [1.29, 1.82) is 0 Å². The van der Waals surface area contributed by atoms with Crippen LogP contribution in [0.1, 0.15) is 30.4 Å². The minimum atomic E-state index is -0.825. The lowest BCUT2D eigenvalue weighted by atomic mass is 10.1. The highest BCUT2D eigenvalue weighted by molar-refractivity contribution is 6.43. The van der Waals surface area contributed by atoms with E-state index in [9.17, 15) is 9.90 Å². The van der Waals surface area contributed by atoms with Crippen LogP contribution in [0, 0.1) is 0 Å². The minimum Gasteiger partial charge on any atom is -0.394 e. The fraction of sp³-hybridized carbons (Fsp3) is 0.471. The van der Waals surface area contributed by atoms with Crippen molar-refractivity contribution in [2.45, 2.75) is 44.2 Å². The van der Waals surface area contributed by atoms with Crippen molar-refractivity contribution in [2.24, 2.45) is 0 Å². The molecule has 2 aromatic rings. The smallest absolute Gasteiger partial charge is 0.164 e. The number of carbonyl (C=O) groups is 1. The van der Waals surface area contributed by atoms with Crippen LogP contribution in [0.2, 0.25) is 15.2 Å². The van der Waals surface area contributed by atoms with E-state index in [0.29, 0.717) is 27.2 Å². The number of carbonyl (C=O) groups excluding carboxylic acids is 1. The molecule has 1 aromatic heterocycles. The average Bonchev–Trinajstić information content (AvgIpc) is 3.14. The molecule has 0 amide bonds. The molecule has 3 heterocycles. The Morgan fingerprint density at radius 3 is 2.50 bits per heavy atom. The van der Waals surface area contributed by atoms with Crippen LogP contribution >= 0.6 is 34.8 Å². The van der Waals surface area contributed by atoms with Crippen LogP contribution in [0.4, 0.5) is 0 Å². The molecule has 2 fully saturated rings. The summed E-state index contributed by atoms with van der Waals surface area (Å²) in [6.45, 7) is 3.35. The molecular weight excluding hydrogens is 405 g/mol. The number of ether oxygens (including phenoxy) is 3. The van der Waals surface area contributed by atoms with Gasteiger partial charge in [0.2, 0.25) is 0 Å². The van der Waals surface area contributed by atoms with E-state index < -0.39 is 30.3 Å². The van der Waals surface area contributed by atoms with Crippen molar-refractivity contribution in [3.63, 3.8) is 0 Å². The zero-order valence-corrected chi connectivity index (χ0v) is 16.2. The van der Waals surface area contributed by atoms with Gasteiger partial charge in [0.05, 0.1) is 27.7 Å². The number of hydrogen-bond acceptors (Lipinski definition) is 5. The van der Waals surface area contributed by atoms with Crippen molar-refractivity contribution >= 4 is 52.0 Å². The number of halogens is 3. The second kappa shape index (κ2) is 6.34. The average molecular weight is 421 g/mol. The standard InChI is InChI=1S/C17H16Cl3NO5/c1-17(2)25-13-12(6-23)24-16(14(13)26-17)21-11-4-10(19)9(18)3-7(11)8(5-22)15(21)20/h3-5,12-14,16,23H,6H2,1-2H3/t12-,13?,14?,16-/m1/s1. The Morgan fingerprint density at radius 2 is 1.85 bits per heavy atom. The lowest BCUT2D eigenvalue weighted by molar-refractivity contribution is -0.199. The molecule has 26 heavy (non-hydrogen) atoms. The zero-order chi connectivity index (χ0) is 18.8. The number of nitrogens with zero attached hydrogens (tertiary/aromatic N) is 1. The Morgan fingerprint density at radius 1 is 1.19 bits per heavy atom. The number of rotatable bonds is 3. The zero-order valence-electron chi connectivity index (χ0n) is 13.9. The maximum atomic E-state index is 11.6. The Bertz CT molecular complexity index is 896. The lowest BCUT2D eigenvalue weighted by Gasteiger charge is -2.25. The number of benzene rings is 1. The largest absolute Gasteiger partial charge is 0.394 e. The molecule has 2 aliphatic rings. The number of aliphatic hydroxyl groups excluding tert-OH is 1. The van der Waals surface area contributed by atoms with E-state index in [2.05, 4.69) is 0 Å². The van der Waals surface area contributed by atoms with E-state index >= 15 is 0 Å². The van der Waals surface area contributed by atoms with Crippen LogP contribution in [0.5, 0.6) is 0 Å². The summed E-state index contributed by atoms with van der Waals surface area (Å²) in [6, 6.07) is 3.22. The fourth-order valence-electron chi connectivity index (χ4n) is 3.67. The monoisotopic (exact) mass is 419 g/mol. The van der Waals surface area contributed by atoms with Gasteiger partial charge >= 0.3 is 0 Å². The number of aliphatic hydroxyl groups is 1. The van der Waals surface area contributed by atoms with Gasteiger partial charge in [-0.05, 0) is 26.0 Å². The van der Waals surface area contributed by atoms with Gasteiger partial charge in [0.1, 0.15) is 23.5 Å². The summed E-state index contributed by atoms with van der Waals surface area (Å²) in [5.41, 5.74) is 0.869. The highest BCUT2D eigenvalue weighted by Gasteiger charge is 2.56.